The van der Waals surface area contributed by atoms with Crippen LogP contribution >= 0.6 is 11.3 Å². The zero-order valence-electron chi connectivity index (χ0n) is 21.2. The predicted octanol–water partition coefficient (Wildman–Crippen LogP) is 3.93. The molecule has 1 aromatic carbocycles. The second-order valence-corrected chi connectivity index (χ2v) is 10.7. The number of hydrogen-bond acceptors (Lipinski definition) is 7. The molecule has 7 nitrogen and oxygen atoms in total. The van der Waals surface area contributed by atoms with Crippen molar-refractivity contribution >= 4 is 17.2 Å². The van der Waals surface area contributed by atoms with E-state index in [1.807, 2.05) is 54.8 Å². The van der Waals surface area contributed by atoms with E-state index in [0.29, 0.717) is 26.2 Å². The van der Waals surface area contributed by atoms with Crippen LogP contribution in [0.25, 0.3) is 0 Å². The summed E-state index contributed by atoms with van der Waals surface area (Å²) in [4.78, 5) is 18.6. The van der Waals surface area contributed by atoms with E-state index in [-0.39, 0.29) is 30.7 Å². The number of hydrogen-bond donors (Lipinski definition) is 1. The van der Waals surface area contributed by atoms with E-state index in [1.165, 1.54) is 4.88 Å². The van der Waals surface area contributed by atoms with Crippen molar-refractivity contribution in [3.8, 4) is 11.5 Å². The van der Waals surface area contributed by atoms with Gasteiger partial charge in [-0.05, 0) is 68.5 Å². The van der Waals surface area contributed by atoms with Gasteiger partial charge in [0.15, 0.2) is 0 Å². The molecule has 0 unspecified atom stereocenters. The van der Waals surface area contributed by atoms with Crippen molar-refractivity contribution in [1.82, 2.24) is 9.80 Å². The Hall–Kier alpha value is -2.39. The van der Waals surface area contributed by atoms with Gasteiger partial charge in [0.2, 0.25) is 5.91 Å². The average Bonchev–Trinajstić information content (AvgIpc) is 3.30. The molecule has 8 heteroatoms. The summed E-state index contributed by atoms with van der Waals surface area (Å²) in [5, 5.41) is 12.6. The molecule has 0 aliphatic carbocycles. The molecule has 1 aromatic heterocycles. The van der Waals surface area contributed by atoms with Crippen LogP contribution in [0.15, 0.2) is 48.4 Å². The Morgan fingerprint density at radius 2 is 2.00 bits per heavy atom. The van der Waals surface area contributed by atoms with Gasteiger partial charge < -0.3 is 24.2 Å². The van der Waals surface area contributed by atoms with Crippen molar-refractivity contribution in [2.45, 2.75) is 44.9 Å². The van der Waals surface area contributed by atoms with E-state index >= 15 is 0 Å². The molecule has 35 heavy (non-hydrogen) atoms. The molecular formula is C27H38N2O5S. The fourth-order valence-corrected chi connectivity index (χ4v) is 5.02. The standard InChI is InChI=1S/C27H38N2O5S/c1-6-13-28(16-20(30)18-34-27(2,3)4)17-26(31)29-14-11-25-23(12-15-35-25)24(29)19-33-22-9-7-21(32-5)8-10-22/h6-10,12,15,20,24,30H,1,11,13-14,16-19H2,2-5H3/t20-,24+/m1/s1. The number of thiophene rings is 1. The molecule has 0 bridgehead atoms. The monoisotopic (exact) mass is 502 g/mol. The van der Waals surface area contributed by atoms with Crippen LogP contribution in [0.2, 0.25) is 0 Å². The van der Waals surface area contributed by atoms with Crippen molar-refractivity contribution in [2.24, 2.45) is 0 Å². The van der Waals surface area contributed by atoms with Crippen molar-refractivity contribution in [1.29, 1.82) is 0 Å². The maximum atomic E-state index is 13.5. The summed E-state index contributed by atoms with van der Waals surface area (Å²) in [5.41, 5.74) is 0.820. The van der Waals surface area contributed by atoms with Crippen molar-refractivity contribution in [3.63, 3.8) is 0 Å². The molecule has 1 amide bonds. The number of benzene rings is 1. The first kappa shape index (κ1) is 27.2. The Bertz CT molecular complexity index is 953. The summed E-state index contributed by atoms with van der Waals surface area (Å²) in [5.74, 6) is 1.51. The van der Waals surface area contributed by atoms with Gasteiger partial charge in [-0.25, -0.2) is 0 Å². The van der Waals surface area contributed by atoms with Gasteiger partial charge in [0.25, 0.3) is 0 Å². The number of methoxy groups -OCH3 is 1. The van der Waals surface area contributed by atoms with E-state index in [4.69, 9.17) is 14.2 Å². The van der Waals surface area contributed by atoms with E-state index in [9.17, 15) is 9.90 Å². The van der Waals surface area contributed by atoms with Gasteiger partial charge in [0.05, 0.1) is 38.0 Å². The molecule has 0 radical (unpaired) electrons. The summed E-state index contributed by atoms with van der Waals surface area (Å²) in [6, 6.07) is 9.38. The highest BCUT2D eigenvalue weighted by Gasteiger charge is 2.33. The summed E-state index contributed by atoms with van der Waals surface area (Å²) < 4.78 is 17.0. The number of carbonyl (C=O) groups is 1. The van der Waals surface area contributed by atoms with Crippen LogP contribution in [0.1, 0.15) is 37.3 Å². The molecule has 2 atom stereocenters. The zero-order chi connectivity index (χ0) is 25.4. The number of ether oxygens (including phenoxy) is 3. The summed E-state index contributed by atoms with van der Waals surface area (Å²) >= 11 is 1.73. The lowest BCUT2D eigenvalue weighted by Crippen LogP contribution is -2.48. The van der Waals surface area contributed by atoms with Crippen molar-refractivity contribution < 1.29 is 24.1 Å². The van der Waals surface area contributed by atoms with Gasteiger partial charge in [-0.2, -0.15) is 0 Å². The first-order valence-electron chi connectivity index (χ1n) is 12.0. The molecular weight excluding hydrogens is 464 g/mol. The highest BCUT2D eigenvalue weighted by atomic mass is 32.1. The fourth-order valence-electron chi connectivity index (χ4n) is 4.09. The average molecular weight is 503 g/mol. The zero-order valence-corrected chi connectivity index (χ0v) is 22.1. The molecule has 3 rings (SSSR count). The maximum absolute atomic E-state index is 13.5. The minimum absolute atomic E-state index is 0.0102. The third kappa shape index (κ3) is 8.07. The second-order valence-electron chi connectivity index (χ2n) is 9.70. The molecule has 2 heterocycles. The Balaban J connectivity index is 1.67. The molecule has 0 spiro atoms. The number of aliphatic hydroxyl groups is 1. The van der Waals surface area contributed by atoms with Crippen LogP contribution in [0.5, 0.6) is 11.5 Å². The quantitative estimate of drug-likeness (QED) is 0.444. The highest BCUT2D eigenvalue weighted by molar-refractivity contribution is 7.10. The van der Waals surface area contributed by atoms with Gasteiger partial charge in [-0.15, -0.1) is 17.9 Å². The van der Waals surface area contributed by atoms with Crippen molar-refractivity contribution in [3.05, 3.63) is 58.8 Å². The largest absolute Gasteiger partial charge is 0.497 e. The highest BCUT2D eigenvalue weighted by Crippen LogP contribution is 2.34. The van der Waals surface area contributed by atoms with Crippen LogP contribution in [-0.4, -0.2) is 79.0 Å². The predicted molar refractivity (Wildman–Crippen MR) is 139 cm³/mol. The maximum Gasteiger partial charge on any atom is 0.237 e. The third-order valence-corrected chi connectivity index (χ3v) is 6.80. The normalized spacial score (nSPS) is 16.6. The van der Waals surface area contributed by atoms with Crippen LogP contribution in [0.3, 0.4) is 0 Å². The lowest BCUT2D eigenvalue weighted by Gasteiger charge is -2.37. The number of carbonyl (C=O) groups excluding carboxylic acids is 1. The van der Waals surface area contributed by atoms with E-state index in [1.54, 1.807) is 24.5 Å². The third-order valence-electron chi connectivity index (χ3n) is 5.81. The van der Waals surface area contributed by atoms with E-state index < -0.39 is 6.10 Å². The molecule has 2 aromatic rings. The van der Waals surface area contributed by atoms with Gasteiger partial charge >= 0.3 is 0 Å². The van der Waals surface area contributed by atoms with E-state index in [0.717, 1.165) is 23.5 Å². The topological polar surface area (TPSA) is 71.5 Å². The molecule has 1 N–H and O–H groups in total. The molecule has 0 fully saturated rings. The minimum atomic E-state index is -0.694. The summed E-state index contributed by atoms with van der Waals surface area (Å²) in [6.45, 7) is 11.9. The second kappa shape index (κ2) is 12.5. The summed E-state index contributed by atoms with van der Waals surface area (Å²) in [6.07, 6.45) is 1.89. The lowest BCUT2D eigenvalue weighted by molar-refractivity contribution is -0.136. The van der Waals surface area contributed by atoms with Crippen LogP contribution in [0.4, 0.5) is 0 Å². The first-order valence-corrected chi connectivity index (χ1v) is 12.9. The molecule has 1 aliphatic heterocycles. The van der Waals surface area contributed by atoms with E-state index in [2.05, 4.69) is 18.0 Å². The van der Waals surface area contributed by atoms with Gasteiger partial charge in [0, 0.05) is 24.5 Å². The number of aliphatic hydroxyl groups excluding tert-OH is 1. The van der Waals surface area contributed by atoms with Gasteiger partial charge in [0.1, 0.15) is 18.1 Å². The van der Waals surface area contributed by atoms with Gasteiger partial charge in [-0.1, -0.05) is 6.08 Å². The molecule has 0 saturated heterocycles. The number of amides is 1. The van der Waals surface area contributed by atoms with Crippen molar-refractivity contribution in [2.75, 3.05) is 46.5 Å². The Labute approximate surface area is 212 Å². The Morgan fingerprint density at radius 3 is 2.66 bits per heavy atom. The SMILES string of the molecule is C=CCN(CC(=O)N1CCc2sccc2[C@@H]1COc1ccc(OC)cc1)C[C@@H](O)COC(C)(C)C. The van der Waals surface area contributed by atoms with Crippen LogP contribution < -0.4 is 9.47 Å². The number of nitrogens with zero attached hydrogens (tertiary/aromatic N) is 2. The minimum Gasteiger partial charge on any atom is -0.497 e. The molecule has 0 saturated carbocycles. The fraction of sp³-hybridized carbons (Fsp3) is 0.519. The van der Waals surface area contributed by atoms with Crippen LogP contribution in [0, 0.1) is 0 Å². The van der Waals surface area contributed by atoms with Crippen LogP contribution in [-0.2, 0) is 16.0 Å². The summed E-state index contributed by atoms with van der Waals surface area (Å²) in [7, 11) is 1.63. The molecule has 1 aliphatic rings. The first-order chi connectivity index (χ1) is 16.7. The number of fused-ring (bicyclic) bond motifs is 1. The smallest absolute Gasteiger partial charge is 0.237 e. The Morgan fingerprint density at radius 1 is 1.29 bits per heavy atom. The lowest BCUT2D eigenvalue weighted by atomic mass is 10.0. The Kier molecular flexibility index (Phi) is 9.74. The molecule has 192 valence electrons. The van der Waals surface area contributed by atoms with Gasteiger partial charge in [-0.3, -0.25) is 9.69 Å². The number of rotatable bonds is 12.